The van der Waals surface area contributed by atoms with Crippen LogP contribution < -0.4 is 11.1 Å². The van der Waals surface area contributed by atoms with Gasteiger partial charge in [-0.1, -0.05) is 11.6 Å². The van der Waals surface area contributed by atoms with Crippen LogP contribution in [0.1, 0.15) is 0 Å². The lowest BCUT2D eigenvalue weighted by molar-refractivity contribution is -0.130. The average Bonchev–Trinajstić information content (AvgIpc) is 2.52. The zero-order valence-electron chi connectivity index (χ0n) is 11.3. The molecule has 1 heterocycles. The molecule has 1 aromatic carbocycles. The highest BCUT2D eigenvalue weighted by molar-refractivity contribution is 6.33. The standard InChI is InChI=1S/C14H15ClN4O2/c15-12-7-11(1-2-13(12)17)18-9-10(8-16)14(20)19-3-5-21-6-4-19/h1-2,7,9,18H,3-6,17H2/b10-9-. The van der Waals surface area contributed by atoms with E-state index in [2.05, 4.69) is 5.32 Å². The van der Waals surface area contributed by atoms with Crippen LogP contribution in [0.3, 0.4) is 0 Å². The maximum absolute atomic E-state index is 12.2. The molecule has 1 aliphatic heterocycles. The van der Waals surface area contributed by atoms with Gasteiger partial charge in [0.05, 0.1) is 23.9 Å². The number of carbonyl (C=O) groups is 1. The largest absolute Gasteiger partial charge is 0.398 e. The van der Waals surface area contributed by atoms with Crippen molar-refractivity contribution in [2.24, 2.45) is 0 Å². The molecule has 0 bridgehead atoms. The maximum atomic E-state index is 12.2. The molecule has 1 amide bonds. The lowest BCUT2D eigenvalue weighted by Crippen LogP contribution is -2.41. The van der Waals surface area contributed by atoms with E-state index in [9.17, 15) is 4.79 Å². The summed E-state index contributed by atoms with van der Waals surface area (Å²) >= 11 is 5.91. The van der Waals surface area contributed by atoms with Crippen molar-refractivity contribution in [3.05, 3.63) is 35.0 Å². The van der Waals surface area contributed by atoms with Crippen LogP contribution in [0.25, 0.3) is 0 Å². The monoisotopic (exact) mass is 306 g/mol. The van der Waals surface area contributed by atoms with Crippen LogP contribution in [-0.2, 0) is 9.53 Å². The van der Waals surface area contributed by atoms with Crippen molar-refractivity contribution in [2.75, 3.05) is 37.4 Å². The molecule has 0 radical (unpaired) electrons. The van der Waals surface area contributed by atoms with E-state index >= 15 is 0 Å². The molecule has 0 aromatic heterocycles. The molecular weight excluding hydrogens is 292 g/mol. The quantitative estimate of drug-likeness (QED) is 0.503. The first-order valence-electron chi connectivity index (χ1n) is 6.40. The third-order valence-corrected chi connectivity index (χ3v) is 3.36. The van der Waals surface area contributed by atoms with Gasteiger partial charge in [0.1, 0.15) is 11.6 Å². The van der Waals surface area contributed by atoms with Gasteiger partial charge in [-0.2, -0.15) is 5.26 Å². The van der Waals surface area contributed by atoms with Gasteiger partial charge >= 0.3 is 0 Å². The molecule has 1 aliphatic rings. The second-order valence-electron chi connectivity index (χ2n) is 4.46. The molecule has 1 saturated heterocycles. The Kier molecular flexibility index (Phi) is 5.04. The van der Waals surface area contributed by atoms with E-state index in [1.807, 2.05) is 6.07 Å². The minimum Gasteiger partial charge on any atom is -0.398 e. The van der Waals surface area contributed by atoms with Crippen LogP contribution >= 0.6 is 11.6 Å². The zero-order chi connectivity index (χ0) is 15.2. The van der Waals surface area contributed by atoms with E-state index in [1.54, 1.807) is 23.1 Å². The Morgan fingerprint density at radius 1 is 1.48 bits per heavy atom. The Morgan fingerprint density at radius 2 is 2.19 bits per heavy atom. The third-order valence-electron chi connectivity index (χ3n) is 3.03. The number of ether oxygens (including phenoxy) is 1. The minimum absolute atomic E-state index is 0.0323. The Balaban J connectivity index is 2.07. The number of anilines is 2. The molecular formula is C14H15ClN4O2. The molecule has 110 valence electrons. The minimum atomic E-state index is -0.310. The Labute approximate surface area is 127 Å². The van der Waals surface area contributed by atoms with Gasteiger partial charge in [0.2, 0.25) is 0 Å². The molecule has 0 saturated carbocycles. The fourth-order valence-corrected chi connectivity index (χ4v) is 2.03. The van der Waals surface area contributed by atoms with Crippen molar-refractivity contribution in [1.29, 1.82) is 5.26 Å². The molecule has 0 unspecified atom stereocenters. The Hall–Kier alpha value is -2.23. The number of rotatable bonds is 3. The molecule has 21 heavy (non-hydrogen) atoms. The number of nitrogens with one attached hydrogen (secondary N) is 1. The highest BCUT2D eigenvalue weighted by Gasteiger charge is 2.20. The van der Waals surface area contributed by atoms with E-state index in [1.165, 1.54) is 6.20 Å². The Morgan fingerprint density at radius 3 is 2.81 bits per heavy atom. The third kappa shape index (κ3) is 3.88. The van der Waals surface area contributed by atoms with E-state index in [4.69, 9.17) is 27.3 Å². The number of nitrogen functional groups attached to an aromatic ring is 1. The van der Waals surface area contributed by atoms with Crippen molar-refractivity contribution in [3.63, 3.8) is 0 Å². The maximum Gasteiger partial charge on any atom is 0.266 e. The van der Waals surface area contributed by atoms with E-state index in [0.29, 0.717) is 42.7 Å². The summed E-state index contributed by atoms with van der Waals surface area (Å²) in [6.45, 7) is 1.97. The summed E-state index contributed by atoms with van der Waals surface area (Å²) in [4.78, 5) is 13.8. The molecule has 0 aliphatic carbocycles. The molecule has 0 spiro atoms. The summed E-state index contributed by atoms with van der Waals surface area (Å²) in [6.07, 6.45) is 1.37. The van der Waals surface area contributed by atoms with Crippen molar-refractivity contribution in [3.8, 4) is 6.07 Å². The normalized spacial score (nSPS) is 15.4. The number of nitrogens with two attached hydrogens (primary N) is 1. The van der Waals surface area contributed by atoms with Gasteiger partial charge in [-0.3, -0.25) is 4.79 Å². The van der Waals surface area contributed by atoms with Crippen LogP contribution in [-0.4, -0.2) is 37.1 Å². The predicted molar refractivity (Wildman–Crippen MR) is 80.6 cm³/mol. The summed E-state index contributed by atoms with van der Waals surface area (Å²) in [5.41, 5.74) is 6.77. The summed E-state index contributed by atoms with van der Waals surface area (Å²) in [5, 5.41) is 12.4. The fourth-order valence-electron chi connectivity index (χ4n) is 1.85. The predicted octanol–water partition coefficient (Wildman–Crippen LogP) is 1.60. The number of nitriles is 1. The van der Waals surface area contributed by atoms with Crippen molar-refractivity contribution in [1.82, 2.24) is 4.90 Å². The second kappa shape index (κ2) is 6.97. The van der Waals surface area contributed by atoms with Gasteiger partial charge in [-0.15, -0.1) is 0 Å². The molecule has 2 rings (SSSR count). The van der Waals surface area contributed by atoms with Gasteiger partial charge in [0, 0.05) is 25.0 Å². The van der Waals surface area contributed by atoms with Crippen LogP contribution in [0, 0.1) is 11.3 Å². The molecule has 3 N–H and O–H groups in total. The SMILES string of the molecule is N#C/C(=C/Nc1ccc(N)c(Cl)c1)C(=O)N1CCOCC1. The zero-order valence-corrected chi connectivity index (χ0v) is 12.1. The smallest absolute Gasteiger partial charge is 0.266 e. The highest BCUT2D eigenvalue weighted by atomic mass is 35.5. The summed E-state index contributed by atoms with van der Waals surface area (Å²) in [5.74, 6) is -0.310. The van der Waals surface area contributed by atoms with Gasteiger partial charge in [-0.25, -0.2) is 0 Å². The van der Waals surface area contributed by atoms with E-state index < -0.39 is 0 Å². The summed E-state index contributed by atoms with van der Waals surface area (Å²) in [7, 11) is 0. The van der Waals surface area contributed by atoms with Crippen LogP contribution in [0.5, 0.6) is 0 Å². The number of benzene rings is 1. The first-order chi connectivity index (χ1) is 10.1. The molecule has 0 atom stereocenters. The van der Waals surface area contributed by atoms with E-state index in [-0.39, 0.29) is 11.5 Å². The van der Waals surface area contributed by atoms with Crippen LogP contribution in [0.15, 0.2) is 30.0 Å². The number of nitrogens with zero attached hydrogens (tertiary/aromatic N) is 2. The lowest BCUT2D eigenvalue weighted by Gasteiger charge is -2.26. The fraction of sp³-hybridized carbons (Fsp3) is 0.286. The number of carbonyl (C=O) groups excluding carboxylic acids is 1. The van der Waals surface area contributed by atoms with Crippen molar-refractivity contribution < 1.29 is 9.53 Å². The van der Waals surface area contributed by atoms with Gasteiger partial charge in [-0.05, 0) is 18.2 Å². The molecule has 1 aromatic rings. The lowest BCUT2D eigenvalue weighted by atomic mass is 10.2. The molecule has 6 nitrogen and oxygen atoms in total. The van der Waals surface area contributed by atoms with Crippen LogP contribution in [0.2, 0.25) is 5.02 Å². The number of amides is 1. The molecule has 1 fully saturated rings. The summed E-state index contributed by atoms with van der Waals surface area (Å²) in [6, 6.07) is 6.89. The van der Waals surface area contributed by atoms with E-state index in [0.717, 1.165) is 0 Å². The summed E-state index contributed by atoms with van der Waals surface area (Å²) < 4.78 is 5.18. The first-order valence-corrected chi connectivity index (χ1v) is 6.78. The topological polar surface area (TPSA) is 91.4 Å². The van der Waals surface area contributed by atoms with Crippen molar-refractivity contribution in [2.45, 2.75) is 0 Å². The van der Waals surface area contributed by atoms with Gasteiger partial charge in [0.25, 0.3) is 5.91 Å². The van der Waals surface area contributed by atoms with Crippen molar-refractivity contribution >= 4 is 28.9 Å². The number of morpholine rings is 1. The average molecular weight is 307 g/mol. The number of hydrogen-bond acceptors (Lipinski definition) is 5. The van der Waals surface area contributed by atoms with Crippen LogP contribution in [0.4, 0.5) is 11.4 Å². The second-order valence-corrected chi connectivity index (χ2v) is 4.86. The first kappa shape index (κ1) is 15.2. The number of halogens is 1. The number of hydrogen-bond donors (Lipinski definition) is 2. The van der Waals surface area contributed by atoms with Gasteiger partial charge in [0.15, 0.2) is 0 Å². The molecule has 7 heteroatoms. The highest BCUT2D eigenvalue weighted by Crippen LogP contribution is 2.22. The van der Waals surface area contributed by atoms with Gasteiger partial charge < -0.3 is 20.7 Å². The Bertz CT molecular complexity index is 603.